The minimum Gasteiger partial charge on any atom is -0.545 e. The number of anilines is 1. The third-order valence-corrected chi connectivity index (χ3v) is 5.96. The summed E-state index contributed by atoms with van der Waals surface area (Å²) in [6.07, 6.45) is 0. The lowest BCUT2D eigenvalue weighted by Gasteiger charge is -2.25. The molecule has 0 amide bonds. The SMILES string of the molecule is O=C([O-])c1cccc(S(=O)(=O)N(Cc2ccccc2)c2ccc(Cl)cc2)c1. The Morgan fingerprint density at radius 1 is 0.926 bits per heavy atom. The van der Waals surface area contributed by atoms with E-state index in [1.807, 2.05) is 30.3 Å². The highest BCUT2D eigenvalue weighted by atomic mass is 35.5. The maximum atomic E-state index is 13.3. The van der Waals surface area contributed by atoms with E-state index in [1.165, 1.54) is 22.5 Å². The summed E-state index contributed by atoms with van der Waals surface area (Å²) in [5.74, 6) is -1.44. The Hall–Kier alpha value is -2.83. The Labute approximate surface area is 162 Å². The minimum atomic E-state index is -4.02. The van der Waals surface area contributed by atoms with Crippen molar-refractivity contribution in [2.24, 2.45) is 0 Å². The molecule has 0 saturated heterocycles. The van der Waals surface area contributed by atoms with Crippen LogP contribution in [0.3, 0.4) is 0 Å². The number of halogens is 1. The van der Waals surface area contributed by atoms with E-state index in [-0.39, 0.29) is 17.0 Å². The predicted octanol–water partition coefficient (Wildman–Crippen LogP) is 3.10. The van der Waals surface area contributed by atoms with E-state index in [1.54, 1.807) is 24.3 Å². The average molecular weight is 401 g/mol. The number of hydrogen-bond acceptors (Lipinski definition) is 4. The number of sulfonamides is 1. The number of carbonyl (C=O) groups excluding carboxylic acids is 1. The minimum absolute atomic E-state index is 0.0837. The molecule has 0 fully saturated rings. The van der Waals surface area contributed by atoms with Crippen molar-refractivity contribution in [3.05, 3.63) is 95.0 Å². The third-order valence-electron chi connectivity index (χ3n) is 3.94. The van der Waals surface area contributed by atoms with Crippen LogP contribution in [-0.2, 0) is 16.6 Å². The number of aromatic carboxylic acids is 1. The highest BCUT2D eigenvalue weighted by Gasteiger charge is 2.25. The van der Waals surface area contributed by atoms with Gasteiger partial charge >= 0.3 is 0 Å². The first-order chi connectivity index (χ1) is 12.9. The summed E-state index contributed by atoms with van der Waals surface area (Å²) in [7, 11) is -4.02. The number of nitrogens with zero attached hydrogens (tertiary/aromatic N) is 1. The van der Waals surface area contributed by atoms with Crippen LogP contribution in [0.25, 0.3) is 0 Å². The number of carboxylic acid groups (broad SMARTS) is 1. The van der Waals surface area contributed by atoms with Crippen LogP contribution >= 0.6 is 11.6 Å². The molecule has 0 spiro atoms. The monoisotopic (exact) mass is 400 g/mol. The Morgan fingerprint density at radius 3 is 2.22 bits per heavy atom. The van der Waals surface area contributed by atoms with Crippen LogP contribution in [0.2, 0.25) is 5.02 Å². The van der Waals surface area contributed by atoms with E-state index in [2.05, 4.69) is 0 Å². The van der Waals surface area contributed by atoms with E-state index >= 15 is 0 Å². The van der Waals surface area contributed by atoms with Crippen LogP contribution in [0, 0.1) is 0 Å². The van der Waals surface area contributed by atoms with Gasteiger partial charge in [-0.1, -0.05) is 54.1 Å². The van der Waals surface area contributed by atoms with Gasteiger partial charge in [0.2, 0.25) is 0 Å². The molecule has 0 unspecified atom stereocenters. The lowest BCUT2D eigenvalue weighted by atomic mass is 10.2. The van der Waals surface area contributed by atoms with Crippen LogP contribution in [0.5, 0.6) is 0 Å². The zero-order valence-electron chi connectivity index (χ0n) is 14.1. The standard InChI is InChI=1S/C20H16ClNO4S/c21-17-9-11-18(12-10-17)22(14-15-5-2-1-3-6-15)27(25,26)19-8-4-7-16(13-19)20(23)24/h1-13H,14H2,(H,23,24)/p-1. The second-order valence-electron chi connectivity index (χ2n) is 5.79. The number of hydrogen-bond donors (Lipinski definition) is 0. The van der Waals surface area contributed by atoms with Crippen molar-refractivity contribution in [1.29, 1.82) is 0 Å². The maximum absolute atomic E-state index is 13.3. The van der Waals surface area contributed by atoms with Gasteiger partial charge in [0, 0.05) is 5.02 Å². The first kappa shape index (κ1) is 18.9. The van der Waals surface area contributed by atoms with Crippen molar-refractivity contribution in [3.63, 3.8) is 0 Å². The Bertz CT molecular complexity index is 1050. The topological polar surface area (TPSA) is 77.5 Å². The van der Waals surface area contributed by atoms with Crippen molar-refractivity contribution in [2.75, 3.05) is 4.31 Å². The van der Waals surface area contributed by atoms with E-state index in [0.717, 1.165) is 11.6 Å². The number of carbonyl (C=O) groups is 1. The van der Waals surface area contributed by atoms with Crippen molar-refractivity contribution in [3.8, 4) is 0 Å². The van der Waals surface area contributed by atoms with E-state index in [4.69, 9.17) is 11.6 Å². The summed E-state index contributed by atoms with van der Waals surface area (Å²) in [4.78, 5) is 11.0. The molecule has 0 aliphatic heterocycles. The maximum Gasteiger partial charge on any atom is 0.264 e. The molecular weight excluding hydrogens is 386 g/mol. The second kappa shape index (κ2) is 7.82. The van der Waals surface area contributed by atoms with Gasteiger partial charge in [0.15, 0.2) is 0 Å². The molecule has 7 heteroatoms. The van der Waals surface area contributed by atoms with Gasteiger partial charge in [-0.05, 0) is 47.5 Å². The van der Waals surface area contributed by atoms with Crippen molar-refractivity contribution < 1.29 is 18.3 Å². The third kappa shape index (κ3) is 4.30. The van der Waals surface area contributed by atoms with Gasteiger partial charge in [0.1, 0.15) is 0 Å². The normalized spacial score (nSPS) is 11.1. The van der Waals surface area contributed by atoms with Gasteiger partial charge in [-0.15, -0.1) is 0 Å². The summed E-state index contributed by atoms with van der Waals surface area (Å²) in [5.41, 5.74) is 1.00. The number of carboxylic acids is 1. The summed E-state index contributed by atoms with van der Waals surface area (Å²) in [6.45, 7) is 0.0837. The molecule has 0 radical (unpaired) electrons. The average Bonchev–Trinajstić information content (AvgIpc) is 2.68. The van der Waals surface area contributed by atoms with Crippen LogP contribution in [0.15, 0.2) is 83.8 Å². The summed E-state index contributed by atoms with van der Waals surface area (Å²) < 4.78 is 27.8. The molecule has 5 nitrogen and oxygen atoms in total. The van der Waals surface area contributed by atoms with Crippen molar-refractivity contribution >= 4 is 33.3 Å². The van der Waals surface area contributed by atoms with Crippen LogP contribution in [0.1, 0.15) is 15.9 Å². The van der Waals surface area contributed by atoms with Crippen LogP contribution in [-0.4, -0.2) is 14.4 Å². The first-order valence-electron chi connectivity index (χ1n) is 8.01. The van der Waals surface area contributed by atoms with Gasteiger partial charge in [0.25, 0.3) is 10.0 Å². The van der Waals surface area contributed by atoms with Gasteiger partial charge in [-0.2, -0.15) is 0 Å². The van der Waals surface area contributed by atoms with Crippen LogP contribution in [0.4, 0.5) is 5.69 Å². The zero-order chi connectivity index (χ0) is 19.4. The molecule has 3 aromatic rings. The Kier molecular flexibility index (Phi) is 5.48. The lowest BCUT2D eigenvalue weighted by molar-refractivity contribution is -0.255. The fourth-order valence-corrected chi connectivity index (χ4v) is 4.21. The fraction of sp³-hybridized carbons (Fsp3) is 0.0500. The highest BCUT2D eigenvalue weighted by Crippen LogP contribution is 2.27. The zero-order valence-corrected chi connectivity index (χ0v) is 15.7. The van der Waals surface area contributed by atoms with Crippen molar-refractivity contribution in [1.82, 2.24) is 0 Å². The van der Waals surface area contributed by atoms with Gasteiger partial charge < -0.3 is 9.90 Å². The van der Waals surface area contributed by atoms with E-state index < -0.39 is 16.0 Å². The molecule has 138 valence electrons. The molecule has 0 aliphatic rings. The molecule has 3 rings (SSSR count). The van der Waals surface area contributed by atoms with Gasteiger partial charge in [0.05, 0.1) is 23.1 Å². The second-order valence-corrected chi connectivity index (χ2v) is 8.09. The van der Waals surface area contributed by atoms with Gasteiger partial charge in [-0.3, -0.25) is 4.31 Å². The predicted molar refractivity (Wildman–Crippen MR) is 102 cm³/mol. The summed E-state index contributed by atoms with van der Waals surface area (Å²) >= 11 is 5.92. The molecule has 0 aliphatic carbocycles. The molecule has 0 heterocycles. The molecule has 0 N–H and O–H groups in total. The van der Waals surface area contributed by atoms with Crippen molar-refractivity contribution in [2.45, 2.75) is 11.4 Å². The molecule has 3 aromatic carbocycles. The van der Waals surface area contributed by atoms with E-state index in [0.29, 0.717) is 10.7 Å². The molecule has 27 heavy (non-hydrogen) atoms. The smallest absolute Gasteiger partial charge is 0.264 e. The fourth-order valence-electron chi connectivity index (χ4n) is 2.58. The largest absolute Gasteiger partial charge is 0.545 e. The molecule has 0 bridgehead atoms. The molecule has 0 saturated carbocycles. The molecule has 0 aromatic heterocycles. The number of benzene rings is 3. The quantitative estimate of drug-likeness (QED) is 0.637. The molecular formula is C20H15ClNO4S-. The van der Waals surface area contributed by atoms with Gasteiger partial charge in [-0.25, -0.2) is 8.42 Å². The first-order valence-corrected chi connectivity index (χ1v) is 9.83. The molecule has 0 atom stereocenters. The lowest BCUT2D eigenvalue weighted by Crippen LogP contribution is -2.31. The Balaban J connectivity index is 2.09. The Morgan fingerprint density at radius 2 is 1.59 bits per heavy atom. The van der Waals surface area contributed by atoms with Crippen LogP contribution < -0.4 is 9.41 Å². The summed E-state index contributed by atoms with van der Waals surface area (Å²) in [6, 6.07) is 20.6. The van der Waals surface area contributed by atoms with E-state index in [9.17, 15) is 18.3 Å². The highest BCUT2D eigenvalue weighted by molar-refractivity contribution is 7.92. The summed E-state index contributed by atoms with van der Waals surface area (Å²) in [5, 5.41) is 11.6. The number of rotatable bonds is 6.